The van der Waals surface area contributed by atoms with E-state index in [1.807, 2.05) is 24.3 Å². The number of amides is 3. The number of thioether (sulfide) groups is 1. The fourth-order valence-electron chi connectivity index (χ4n) is 3.73. The van der Waals surface area contributed by atoms with Crippen molar-refractivity contribution in [3.8, 4) is 0 Å². The Labute approximate surface area is 166 Å². The highest BCUT2D eigenvalue weighted by Crippen LogP contribution is 2.54. The molecule has 0 radical (unpaired) electrons. The molecule has 1 spiro atoms. The van der Waals surface area contributed by atoms with E-state index in [-0.39, 0.29) is 5.91 Å². The van der Waals surface area contributed by atoms with E-state index >= 15 is 0 Å². The number of carbonyl (C=O) groups is 2. The summed E-state index contributed by atoms with van der Waals surface area (Å²) in [5.74, 6) is 0.0494. The number of urea groups is 1. The zero-order chi connectivity index (χ0) is 19.7. The van der Waals surface area contributed by atoms with Gasteiger partial charge < -0.3 is 15.0 Å². The predicted molar refractivity (Wildman–Crippen MR) is 107 cm³/mol. The number of rotatable bonds is 4. The summed E-state index contributed by atoms with van der Waals surface area (Å²) in [7, 11) is 1.59. The van der Waals surface area contributed by atoms with Gasteiger partial charge in [0.25, 0.3) is 5.91 Å². The van der Waals surface area contributed by atoms with E-state index in [2.05, 4.69) is 5.32 Å². The lowest BCUT2D eigenvalue weighted by Crippen LogP contribution is -2.52. The van der Waals surface area contributed by atoms with E-state index in [1.165, 1.54) is 30.0 Å². The number of anilines is 2. The van der Waals surface area contributed by atoms with Crippen molar-refractivity contribution in [1.29, 1.82) is 0 Å². The lowest BCUT2D eigenvalue weighted by Gasteiger charge is -2.33. The van der Waals surface area contributed by atoms with Crippen molar-refractivity contribution >= 4 is 35.1 Å². The van der Waals surface area contributed by atoms with Gasteiger partial charge in [0.15, 0.2) is 4.87 Å². The third-order valence-electron chi connectivity index (χ3n) is 4.94. The highest BCUT2D eigenvalue weighted by atomic mass is 32.2. The zero-order valence-electron chi connectivity index (χ0n) is 15.4. The number of hydrogen-bond donors (Lipinski definition) is 1. The molecule has 2 aromatic carbocycles. The van der Waals surface area contributed by atoms with Crippen LogP contribution in [0.15, 0.2) is 48.5 Å². The van der Waals surface area contributed by atoms with Crippen LogP contribution in [0.3, 0.4) is 0 Å². The van der Waals surface area contributed by atoms with E-state index in [0.29, 0.717) is 31.1 Å². The summed E-state index contributed by atoms with van der Waals surface area (Å²) in [4.78, 5) is 28.7. The number of ether oxygens (including phenoxy) is 1. The van der Waals surface area contributed by atoms with Gasteiger partial charge in [0.2, 0.25) is 0 Å². The van der Waals surface area contributed by atoms with Gasteiger partial charge in [0.1, 0.15) is 5.82 Å². The van der Waals surface area contributed by atoms with E-state index in [0.717, 1.165) is 11.3 Å². The summed E-state index contributed by atoms with van der Waals surface area (Å²) in [6.45, 7) is 1.23. The molecule has 2 aromatic rings. The summed E-state index contributed by atoms with van der Waals surface area (Å²) in [6.07, 6.45) is 0. The number of benzene rings is 2. The second-order valence-corrected chi connectivity index (χ2v) is 7.84. The Hall–Kier alpha value is -2.58. The van der Waals surface area contributed by atoms with Crippen LogP contribution >= 0.6 is 11.8 Å². The van der Waals surface area contributed by atoms with E-state index in [9.17, 15) is 14.0 Å². The quantitative estimate of drug-likeness (QED) is 0.854. The largest absolute Gasteiger partial charge is 0.383 e. The Bertz CT molecular complexity index is 925. The maximum absolute atomic E-state index is 13.5. The molecule has 2 aliphatic heterocycles. The minimum absolute atomic E-state index is 0.150. The van der Waals surface area contributed by atoms with Gasteiger partial charge in [-0.3, -0.25) is 9.69 Å². The molecule has 2 aliphatic rings. The van der Waals surface area contributed by atoms with Gasteiger partial charge in [-0.15, -0.1) is 11.8 Å². The van der Waals surface area contributed by atoms with Gasteiger partial charge in [-0.05, 0) is 24.3 Å². The molecule has 1 unspecified atom stereocenters. The lowest BCUT2D eigenvalue weighted by atomic mass is 10.1. The average Bonchev–Trinajstić information content (AvgIpc) is 3.23. The van der Waals surface area contributed by atoms with Gasteiger partial charge in [-0.2, -0.15) is 0 Å². The normalized spacial score (nSPS) is 20.7. The summed E-state index contributed by atoms with van der Waals surface area (Å²) >= 11 is 1.45. The van der Waals surface area contributed by atoms with Crippen molar-refractivity contribution in [2.75, 3.05) is 42.8 Å². The van der Waals surface area contributed by atoms with Gasteiger partial charge in [-0.25, -0.2) is 9.18 Å². The monoisotopic (exact) mass is 401 g/mol. The third-order valence-corrected chi connectivity index (χ3v) is 6.36. The summed E-state index contributed by atoms with van der Waals surface area (Å²) < 4.78 is 18.6. The molecule has 0 aromatic heterocycles. The minimum Gasteiger partial charge on any atom is -0.383 e. The van der Waals surface area contributed by atoms with Crippen LogP contribution in [0.5, 0.6) is 0 Å². The summed E-state index contributed by atoms with van der Waals surface area (Å²) in [5.41, 5.74) is 1.95. The highest BCUT2D eigenvalue weighted by molar-refractivity contribution is 8.01. The standard InChI is InChI=1S/C20H20FN3O3S/c1-27-11-9-23-17-8-3-2-7-16(17)20(18(23)25)24(10-12-28-20)19(26)22-15-6-4-5-14(21)13-15/h2-8,13H,9-12H2,1H3,(H,22,26). The molecule has 0 aliphatic carbocycles. The molecule has 2 heterocycles. The third kappa shape index (κ3) is 2.93. The predicted octanol–water partition coefficient (Wildman–Crippen LogP) is 3.25. The van der Waals surface area contributed by atoms with Crippen molar-refractivity contribution < 1.29 is 18.7 Å². The second kappa shape index (κ2) is 7.44. The van der Waals surface area contributed by atoms with Crippen molar-refractivity contribution in [2.45, 2.75) is 4.87 Å². The van der Waals surface area contributed by atoms with Crippen LogP contribution in [0.4, 0.5) is 20.6 Å². The SMILES string of the molecule is COCCN1C(=O)C2(SCCN2C(=O)Nc2cccc(F)c2)c2ccccc21. The lowest BCUT2D eigenvalue weighted by molar-refractivity contribution is -0.123. The number of carbonyl (C=O) groups excluding carboxylic acids is 2. The second-order valence-electron chi connectivity index (χ2n) is 6.55. The van der Waals surface area contributed by atoms with E-state index in [4.69, 9.17) is 4.74 Å². The molecule has 4 rings (SSSR count). The molecule has 8 heteroatoms. The number of methoxy groups -OCH3 is 1. The first-order valence-electron chi connectivity index (χ1n) is 8.96. The Morgan fingerprint density at radius 2 is 2.11 bits per heavy atom. The topological polar surface area (TPSA) is 61.9 Å². The average molecular weight is 401 g/mol. The van der Waals surface area contributed by atoms with Gasteiger partial charge in [0.05, 0.1) is 12.3 Å². The van der Waals surface area contributed by atoms with E-state index < -0.39 is 16.7 Å². The number of para-hydroxylation sites is 1. The molecule has 0 saturated carbocycles. The highest BCUT2D eigenvalue weighted by Gasteiger charge is 2.59. The fourth-order valence-corrected chi connectivity index (χ4v) is 5.19. The van der Waals surface area contributed by atoms with Crippen LogP contribution in [-0.4, -0.2) is 49.4 Å². The fraction of sp³-hybridized carbons (Fsp3) is 0.300. The van der Waals surface area contributed by atoms with Gasteiger partial charge in [0, 0.05) is 37.2 Å². The van der Waals surface area contributed by atoms with Gasteiger partial charge in [-0.1, -0.05) is 24.3 Å². The van der Waals surface area contributed by atoms with Crippen LogP contribution in [0.2, 0.25) is 0 Å². The number of fused-ring (bicyclic) bond motifs is 2. The van der Waals surface area contributed by atoms with Crippen LogP contribution in [-0.2, 0) is 14.4 Å². The maximum Gasteiger partial charge on any atom is 0.323 e. The van der Waals surface area contributed by atoms with Crippen LogP contribution in [0, 0.1) is 5.82 Å². The Morgan fingerprint density at radius 1 is 1.29 bits per heavy atom. The van der Waals surface area contributed by atoms with Crippen LogP contribution in [0.1, 0.15) is 5.56 Å². The number of hydrogen-bond acceptors (Lipinski definition) is 4. The molecule has 28 heavy (non-hydrogen) atoms. The first-order chi connectivity index (χ1) is 13.6. The Kier molecular flexibility index (Phi) is 4.99. The van der Waals surface area contributed by atoms with Crippen LogP contribution < -0.4 is 10.2 Å². The molecular formula is C20H20FN3O3S. The molecule has 1 fully saturated rings. The molecule has 6 nitrogen and oxygen atoms in total. The maximum atomic E-state index is 13.5. The van der Waals surface area contributed by atoms with E-state index in [1.54, 1.807) is 23.0 Å². The smallest absolute Gasteiger partial charge is 0.323 e. The minimum atomic E-state index is -1.11. The van der Waals surface area contributed by atoms with Crippen LogP contribution in [0.25, 0.3) is 0 Å². The molecule has 0 bridgehead atoms. The first kappa shape index (κ1) is 18.8. The van der Waals surface area contributed by atoms with Crippen molar-refractivity contribution in [3.63, 3.8) is 0 Å². The van der Waals surface area contributed by atoms with Crippen molar-refractivity contribution in [2.24, 2.45) is 0 Å². The van der Waals surface area contributed by atoms with Crippen molar-refractivity contribution in [1.82, 2.24) is 4.90 Å². The van der Waals surface area contributed by atoms with Crippen molar-refractivity contribution in [3.05, 3.63) is 59.9 Å². The van der Waals surface area contributed by atoms with Gasteiger partial charge >= 0.3 is 6.03 Å². The molecule has 1 saturated heterocycles. The molecule has 146 valence electrons. The Balaban J connectivity index is 1.69. The molecule has 3 amide bonds. The molecule has 1 atom stereocenters. The molecule has 1 N–H and O–H groups in total. The summed E-state index contributed by atoms with van der Waals surface area (Å²) in [5, 5.41) is 2.72. The number of nitrogens with zero attached hydrogens (tertiary/aromatic N) is 2. The molecular weight excluding hydrogens is 381 g/mol. The number of halogens is 1. The summed E-state index contributed by atoms with van der Waals surface area (Å²) in [6, 6.07) is 12.8. The number of nitrogens with one attached hydrogen (secondary N) is 1. The first-order valence-corrected chi connectivity index (χ1v) is 9.95. The Morgan fingerprint density at radius 3 is 2.89 bits per heavy atom. The zero-order valence-corrected chi connectivity index (χ0v) is 16.2.